The number of imidazole rings is 2. The first-order valence-corrected chi connectivity index (χ1v) is 28.3. The van der Waals surface area contributed by atoms with Crippen molar-refractivity contribution in [2.24, 2.45) is 15.7 Å². The summed E-state index contributed by atoms with van der Waals surface area (Å²) in [5, 5.41) is 20.0. The predicted molar refractivity (Wildman–Crippen MR) is 346 cm³/mol. The molecule has 0 saturated heterocycles. The number of aromatic nitrogens is 14. The number of nitrogens with two attached hydrogens (primary N) is 5. The summed E-state index contributed by atoms with van der Waals surface area (Å²) in [5.41, 5.74) is 42.3. The van der Waals surface area contributed by atoms with Crippen LogP contribution in [0.5, 0.6) is 0 Å². The Morgan fingerprint density at radius 3 is 1.64 bits per heavy atom. The van der Waals surface area contributed by atoms with Gasteiger partial charge in [0.25, 0.3) is 0 Å². The quantitative estimate of drug-likeness (QED) is 0.0890. The van der Waals surface area contributed by atoms with Crippen molar-refractivity contribution in [1.29, 1.82) is 0 Å². The highest BCUT2D eigenvalue weighted by Gasteiger charge is 2.38. The Morgan fingerprint density at radius 2 is 1.04 bits per heavy atom. The third-order valence-electron chi connectivity index (χ3n) is 14.0. The first-order valence-electron chi connectivity index (χ1n) is 28.3. The van der Waals surface area contributed by atoms with Crippen LogP contribution in [-0.4, -0.2) is 110 Å². The molecular formula is C62H89N23. The van der Waals surface area contributed by atoms with E-state index >= 15 is 0 Å². The summed E-state index contributed by atoms with van der Waals surface area (Å²) in [5.74, 6) is 1.32. The first kappa shape index (κ1) is 63.4. The van der Waals surface area contributed by atoms with Crippen LogP contribution in [-0.2, 0) is 27.1 Å². The number of hydrogen-bond donors (Lipinski definition) is 6. The van der Waals surface area contributed by atoms with Crippen LogP contribution in [0.1, 0.15) is 153 Å². The van der Waals surface area contributed by atoms with Crippen LogP contribution in [0.4, 0.5) is 28.8 Å². The molecule has 0 radical (unpaired) electrons. The van der Waals surface area contributed by atoms with E-state index in [1.165, 1.54) is 11.4 Å². The van der Waals surface area contributed by atoms with Crippen LogP contribution >= 0.6 is 0 Å². The maximum absolute atomic E-state index is 5.85. The Labute approximate surface area is 499 Å². The van der Waals surface area contributed by atoms with Gasteiger partial charge in [0.05, 0.1) is 59.4 Å². The Kier molecular flexibility index (Phi) is 18.1. The molecule has 0 spiro atoms. The third kappa shape index (κ3) is 14.3. The molecule has 0 aliphatic carbocycles. The van der Waals surface area contributed by atoms with Gasteiger partial charge in [0.15, 0.2) is 22.6 Å². The Hall–Kier alpha value is -9.15. The second-order valence-electron chi connectivity index (χ2n) is 27.1. The summed E-state index contributed by atoms with van der Waals surface area (Å²) < 4.78 is 9.15. The first-order chi connectivity index (χ1) is 39.5. The van der Waals surface area contributed by atoms with E-state index in [1.807, 2.05) is 79.2 Å². The molecule has 2 atom stereocenters. The molecule has 23 nitrogen and oxygen atoms in total. The Balaban J connectivity index is 0.000000146. The molecule has 0 amide bonds. The summed E-state index contributed by atoms with van der Waals surface area (Å²) in [7, 11) is 1.82. The maximum atomic E-state index is 5.85. The molecule has 12 heterocycles. The van der Waals surface area contributed by atoms with Crippen molar-refractivity contribution in [3.63, 3.8) is 0 Å². The highest BCUT2D eigenvalue weighted by molar-refractivity contribution is 5.76. The van der Waals surface area contributed by atoms with E-state index in [0.717, 1.165) is 62.0 Å². The van der Waals surface area contributed by atoms with E-state index in [0.29, 0.717) is 17.5 Å². The third-order valence-corrected chi connectivity index (χ3v) is 14.0. The summed E-state index contributed by atoms with van der Waals surface area (Å²) in [4.78, 5) is 32.2. The largest absolute Gasteiger partial charge is 0.400 e. The van der Waals surface area contributed by atoms with Gasteiger partial charge in [-0.1, -0.05) is 104 Å². The van der Waals surface area contributed by atoms with Crippen molar-refractivity contribution < 1.29 is 0 Å². The highest BCUT2D eigenvalue weighted by Crippen LogP contribution is 2.31. The fourth-order valence-corrected chi connectivity index (χ4v) is 9.31. The van der Waals surface area contributed by atoms with Gasteiger partial charge in [-0.2, -0.15) is 29.4 Å². The molecule has 2 unspecified atom stereocenters. The van der Waals surface area contributed by atoms with Crippen molar-refractivity contribution >= 4 is 69.5 Å². The zero-order valence-electron chi connectivity index (χ0n) is 53.1. The number of nitrogens with one attached hydrogen (secondary N) is 1. The number of dihydropyridines is 1. The monoisotopic (exact) mass is 1160 g/mol. The summed E-state index contributed by atoms with van der Waals surface area (Å²) in [6, 6.07) is 13.2. The van der Waals surface area contributed by atoms with E-state index < -0.39 is 0 Å². The fourth-order valence-electron chi connectivity index (χ4n) is 9.31. The molecule has 12 rings (SSSR count). The zero-order valence-corrected chi connectivity index (χ0v) is 53.1. The standard InChI is InChI=1S/2C11H15N3.C10H15N5.C10H14N4.C10H16N4.C10H14N4/c1-11(2,3)10-5-4-9-8(12)6-7-13-14(9)10;1-11(2,3)9-7-13-10-8(12)5-4-6-14(9)10;1-10(2,3)7-5-14-15-8(7)12-6-13-9(15)11-4;1-10(2,3)7-6-13-14-8(11)4-5-12-9(7)14;1-10(2,3)14-6-13-8-7(11)4-5-12-9(8)14;1-10(2,3)8-6-12-9-7(11)4-5-13-14(8)9/h2*4-7H,12H2,1-3H3;5-6H,1-4H3,(H,11,12,13);4-6H,11H2,1-3H3;4-6,8-9H,11H2,1-3H3;4-6H,11H2,1-3H3. The number of pyridine rings is 1. The molecule has 0 aromatic carbocycles. The lowest BCUT2D eigenvalue weighted by atomic mass is 9.89. The van der Waals surface area contributed by atoms with Gasteiger partial charge < -0.3 is 43.3 Å². The molecule has 0 saturated carbocycles. The second kappa shape index (κ2) is 24.2. The average molecular weight is 1160 g/mol. The van der Waals surface area contributed by atoms with Crippen molar-refractivity contribution in [1.82, 2.24) is 72.7 Å². The van der Waals surface area contributed by atoms with Gasteiger partial charge >= 0.3 is 0 Å². The predicted octanol–water partition coefficient (Wildman–Crippen LogP) is 9.86. The number of rotatable bonds is 1. The van der Waals surface area contributed by atoms with Crippen molar-refractivity contribution in [3.8, 4) is 0 Å². The van der Waals surface area contributed by atoms with Gasteiger partial charge in [-0.05, 0) is 80.1 Å². The van der Waals surface area contributed by atoms with Gasteiger partial charge in [0, 0.05) is 88.0 Å². The fraction of sp³-hybridized carbons (Fsp3) is 0.435. The average Bonchev–Trinajstić information content (AvgIpc) is 2.33. The molecule has 23 heteroatoms. The van der Waals surface area contributed by atoms with E-state index in [9.17, 15) is 0 Å². The highest BCUT2D eigenvalue weighted by atomic mass is 15.4. The normalized spacial score (nSPS) is 15.2. The Morgan fingerprint density at radius 1 is 0.471 bits per heavy atom. The van der Waals surface area contributed by atoms with E-state index in [1.54, 1.807) is 56.8 Å². The van der Waals surface area contributed by atoms with E-state index in [4.69, 9.17) is 28.7 Å². The van der Waals surface area contributed by atoms with Crippen LogP contribution < -0.4 is 34.0 Å². The summed E-state index contributed by atoms with van der Waals surface area (Å²) in [6.07, 6.45) is 21.6. The lowest BCUT2D eigenvalue weighted by Gasteiger charge is -2.36. The number of nitrogen functional groups attached to an aromatic ring is 4. The number of aliphatic imine (C=N–C) groups is 2. The smallest absolute Gasteiger partial charge is 0.227 e. The molecule has 10 aromatic heterocycles. The minimum atomic E-state index is 0.0132. The number of anilines is 5. The SMILES string of the molecule is CC(C)(C)N1C=NC2C(N)=CC=NC21.CC(C)(C)c1ccc2c(N)ccnn12.CC(C)(C)c1cnc2c(N)cccn12.CC(C)(C)c1cnc2c(N)ccnn12.CC(C)(C)c1cnn2c(N)ccnc12.CNc1ncnc2c(C(C)(C)C)cnn12. The molecule has 2 aliphatic rings. The topological polar surface area (TPSA) is 308 Å². The molecule has 85 heavy (non-hydrogen) atoms. The summed E-state index contributed by atoms with van der Waals surface area (Å²) in [6.45, 7) is 38.6. The molecule has 10 aromatic rings. The molecule has 2 aliphatic heterocycles. The van der Waals surface area contributed by atoms with Gasteiger partial charge in [-0.15, -0.1) is 0 Å². The number of hydrogen-bond acceptors (Lipinski definition) is 18. The summed E-state index contributed by atoms with van der Waals surface area (Å²) >= 11 is 0. The van der Waals surface area contributed by atoms with Gasteiger partial charge in [-0.25, -0.2) is 34.0 Å². The minimum Gasteiger partial charge on any atom is -0.400 e. The molecule has 11 N–H and O–H groups in total. The number of allylic oxidation sites excluding steroid dienone is 1. The van der Waals surface area contributed by atoms with Gasteiger partial charge in [0.1, 0.15) is 24.4 Å². The van der Waals surface area contributed by atoms with Crippen molar-refractivity contribution in [2.75, 3.05) is 35.3 Å². The van der Waals surface area contributed by atoms with Gasteiger partial charge in [0.2, 0.25) is 5.95 Å². The van der Waals surface area contributed by atoms with Crippen LogP contribution in [0, 0.1) is 0 Å². The molecular weight excluding hydrogens is 1070 g/mol. The minimum absolute atomic E-state index is 0.0132. The van der Waals surface area contributed by atoms with Crippen molar-refractivity contribution in [3.05, 3.63) is 138 Å². The molecule has 452 valence electrons. The maximum Gasteiger partial charge on any atom is 0.227 e. The number of fused-ring (bicyclic) bond motifs is 6. The zero-order chi connectivity index (χ0) is 62.8. The van der Waals surface area contributed by atoms with Gasteiger partial charge in [-0.3, -0.25) is 9.98 Å². The van der Waals surface area contributed by atoms with Crippen LogP contribution in [0.25, 0.3) is 28.1 Å². The van der Waals surface area contributed by atoms with E-state index in [2.05, 4.69) is 201 Å². The van der Waals surface area contributed by atoms with Crippen LogP contribution in [0.3, 0.4) is 0 Å². The number of nitrogens with zero attached hydrogens (tertiary/aromatic N) is 17. The molecule has 0 fully saturated rings. The Bertz CT molecular complexity index is 3630. The van der Waals surface area contributed by atoms with Crippen LogP contribution in [0.15, 0.2) is 120 Å². The van der Waals surface area contributed by atoms with Crippen molar-refractivity contribution in [2.45, 2.75) is 169 Å². The lowest BCUT2D eigenvalue weighted by Crippen LogP contribution is -2.48. The van der Waals surface area contributed by atoms with Crippen LogP contribution in [0.2, 0.25) is 0 Å². The molecule has 0 bridgehead atoms. The second-order valence-corrected chi connectivity index (χ2v) is 27.1. The van der Waals surface area contributed by atoms with E-state index in [-0.39, 0.29) is 44.8 Å². The lowest BCUT2D eigenvalue weighted by molar-refractivity contribution is 0.192.